The molecule has 0 aliphatic carbocycles. The van der Waals surface area contributed by atoms with Gasteiger partial charge in [0, 0.05) is 28.7 Å². The molecule has 3 N–H and O–H groups in total. The first kappa shape index (κ1) is 21.7. The van der Waals surface area contributed by atoms with Gasteiger partial charge in [0.1, 0.15) is 0 Å². The molecule has 3 aromatic carbocycles. The normalized spacial score (nSPS) is 13.9. The summed E-state index contributed by atoms with van der Waals surface area (Å²) < 4.78 is 27.4. The number of amides is 3. The minimum atomic E-state index is -3.75. The molecule has 172 valence electrons. The zero-order chi connectivity index (χ0) is 23.7. The molecule has 1 aliphatic rings. The van der Waals surface area contributed by atoms with Gasteiger partial charge in [-0.15, -0.1) is 0 Å². The smallest absolute Gasteiger partial charge is 0.324 e. The summed E-state index contributed by atoms with van der Waals surface area (Å²) in [6.07, 6.45) is 0. The number of benzene rings is 3. The first-order valence-corrected chi connectivity index (χ1v) is 12.3. The highest BCUT2D eigenvalue weighted by Crippen LogP contribution is 2.33. The lowest BCUT2D eigenvalue weighted by atomic mass is 10.1. The second kappa shape index (κ2) is 8.64. The topological polar surface area (TPSA) is 121 Å². The van der Waals surface area contributed by atoms with Crippen molar-refractivity contribution in [2.24, 2.45) is 0 Å². The van der Waals surface area contributed by atoms with Crippen molar-refractivity contribution in [2.75, 3.05) is 28.9 Å². The van der Waals surface area contributed by atoms with Crippen LogP contribution >= 0.6 is 0 Å². The minimum absolute atomic E-state index is 0.108. The average molecular weight is 476 g/mol. The highest BCUT2D eigenvalue weighted by molar-refractivity contribution is 7.92. The molecule has 0 bridgehead atoms. The molecule has 4 aromatic rings. The lowest BCUT2D eigenvalue weighted by molar-refractivity contribution is -0.124. The van der Waals surface area contributed by atoms with E-state index in [1.54, 1.807) is 24.3 Å². The summed E-state index contributed by atoms with van der Waals surface area (Å²) >= 11 is 0. The number of imide groups is 1. The van der Waals surface area contributed by atoms with Crippen LogP contribution in [-0.2, 0) is 14.8 Å². The maximum atomic E-state index is 12.4. The number of carbonyl (C=O) groups is 2. The molecule has 3 amide bonds. The number of nitrogens with one attached hydrogen (secondary N) is 3. The van der Waals surface area contributed by atoms with E-state index in [-0.39, 0.29) is 18.8 Å². The maximum Gasteiger partial charge on any atom is 0.324 e. The van der Waals surface area contributed by atoms with Gasteiger partial charge in [0.25, 0.3) is 0 Å². The van der Waals surface area contributed by atoms with Crippen LogP contribution in [0.4, 0.5) is 21.9 Å². The number of hydrogen-bond acceptors (Lipinski definition) is 6. The Bertz CT molecular complexity index is 1450. The number of hydrogen-bond donors (Lipinski definition) is 3. The molecule has 5 rings (SSSR count). The molecule has 0 saturated carbocycles. The Balaban J connectivity index is 1.33. The molecule has 0 radical (unpaired) electrons. The van der Waals surface area contributed by atoms with E-state index in [1.165, 1.54) is 0 Å². The van der Waals surface area contributed by atoms with E-state index in [9.17, 15) is 18.0 Å². The van der Waals surface area contributed by atoms with Gasteiger partial charge in [0.05, 0.1) is 29.0 Å². The maximum absolute atomic E-state index is 12.4. The highest BCUT2D eigenvalue weighted by Gasteiger charge is 2.29. The lowest BCUT2D eigenvalue weighted by Crippen LogP contribution is -2.36. The number of carbonyl (C=O) groups excluding carboxylic acids is 2. The molecule has 0 spiro atoms. The average Bonchev–Trinajstić information content (AvgIpc) is 3.15. The van der Waals surface area contributed by atoms with Crippen LogP contribution < -0.4 is 15.4 Å². The number of pyridine rings is 1. The molecule has 1 aromatic heterocycles. The Morgan fingerprint density at radius 2 is 1.44 bits per heavy atom. The Morgan fingerprint density at radius 1 is 0.853 bits per heavy atom. The zero-order valence-corrected chi connectivity index (χ0v) is 18.8. The van der Waals surface area contributed by atoms with Gasteiger partial charge in [0.2, 0.25) is 15.9 Å². The van der Waals surface area contributed by atoms with E-state index in [4.69, 9.17) is 4.98 Å². The van der Waals surface area contributed by atoms with E-state index < -0.39 is 22.0 Å². The fourth-order valence-corrected chi connectivity index (χ4v) is 4.88. The molecular weight excluding hydrogens is 454 g/mol. The van der Waals surface area contributed by atoms with Crippen molar-refractivity contribution in [1.29, 1.82) is 0 Å². The molecule has 1 fully saturated rings. The van der Waals surface area contributed by atoms with Crippen LogP contribution in [0.5, 0.6) is 0 Å². The molecule has 0 unspecified atom stereocenters. The highest BCUT2D eigenvalue weighted by atomic mass is 32.2. The van der Waals surface area contributed by atoms with Crippen molar-refractivity contribution < 1.29 is 18.0 Å². The van der Waals surface area contributed by atoms with E-state index >= 15 is 0 Å². The summed E-state index contributed by atoms with van der Waals surface area (Å²) in [5.74, 6) is -0.826. The summed E-state index contributed by atoms with van der Waals surface area (Å²) in [4.78, 5) is 28.8. The van der Waals surface area contributed by atoms with Crippen LogP contribution in [0.2, 0.25) is 0 Å². The van der Waals surface area contributed by atoms with Gasteiger partial charge < -0.3 is 10.6 Å². The van der Waals surface area contributed by atoms with Crippen LogP contribution in [0.25, 0.3) is 21.8 Å². The summed E-state index contributed by atoms with van der Waals surface area (Å²) in [5.41, 5.74) is 3.83. The van der Waals surface area contributed by atoms with Gasteiger partial charge in [-0.05, 0) is 36.4 Å². The molecule has 10 heteroatoms. The summed E-state index contributed by atoms with van der Waals surface area (Å²) in [6.45, 7) is -0.315. The van der Waals surface area contributed by atoms with E-state index in [0.717, 1.165) is 38.1 Å². The fourth-order valence-electron chi connectivity index (χ4n) is 3.86. The summed E-state index contributed by atoms with van der Waals surface area (Å²) in [7, 11) is -3.75. The number of rotatable bonds is 7. The minimum Gasteiger partial charge on any atom is -0.354 e. The standard InChI is InChI=1S/C24H21N5O4S/c30-22-15-25-24(31)29(22)13-14-34(32,33)28-17-11-9-16(10-12-17)26-23-18-5-1-3-7-20(18)27-21-8-4-2-6-19(21)23/h1-12,28H,13-15H2,(H,25,31)(H,26,27). The molecular formula is C24H21N5O4S. The van der Waals surface area contributed by atoms with E-state index in [1.807, 2.05) is 48.5 Å². The molecule has 1 saturated heterocycles. The fraction of sp³-hybridized carbons (Fsp3) is 0.125. The second-order valence-electron chi connectivity index (χ2n) is 7.85. The SMILES string of the molecule is O=C1CNC(=O)N1CCS(=O)(=O)Nc1ccc(Nc2c3ccccc3nc3ccccc23)cc1. The first-order valence-electron chi connectivity index (χ1n) is 10.6. The van der Waals surface area contributed by atoms with Gasteiger partial charge in [0.15, 0.2) is 0 Å². The van der Waals surface area contributed by atoms with E-state index in [2.05, 4.69) is 15.4 Å². The third-order valence-electron chi connectivity index (χ3n) is 5.54. The largest absolute Gasteiger partial charge is 0.354 e. The predicted molar refractivity (Wildman–Crippen MR) is 131 cm³/mol. The number of urea groups is 1. The van der Waals surface area contributed by atoms with Crippen LogP contribution in [-0.4, -0.2) is 49.1 Å². The van der Waals surface area contributed by atoms with Crippen LogP contribution in [0.3, 0.4) is 0 Å². The van der Waals surface area contributed by atoms with Gasteiger partial charge in [-0.25, -0.2) is 18.2 Å². The molecule has 34 heavy (non-hydrogen) atoms. The predicted octanol–water partition coefficient (Wildman–Crippen LogP) is 3.43. The number of aromatic nitrogens is 1. The van der Waals surface area contributed by atoms with E-state index in [0.29, 0.717) is 5.69 Å². The Hall–Kier alpha value is -4.18. The van der Waals surface area contributed by atoms with Crippen LogP contribution in [0.15, 0.2) is 72.8 Å². The first-order chi connectivity index (χ1) is 16.4. The third-order valence-corrected chi connectivity index (χ3v) is 6.80. The number of anilines is 3. The van der Waals surface area contributed by atoms with Gasteiger partial charge in [-0.3, -0.25) is 14.4 Å². The van der Waals surface area contributed by atoms with Gasteiger partial charge >= 0.3 is 6.03 Å². The Kier molecular flexibility index (Phi) is 5.50. The summed E-state index contributed by atoms with van der Waals surface area (Å²) in [6, 6.07) is 22.0. The molecule has 2 heterocycles. The lowest BCUT2D eigenvalue weighted by Gasteiger charge is -2.15. The Labute approximate surface area is 195 Å². The summed E-state index contributed by atoms with van der Waals surface area (Å²) in [5, 5.41) is 7.77. The number of para-hydroxylation sites is 2. The van der Waals surface area contributed by atoms with Crippen molar-refractivity contribution in [3.63, 3.8) is 0 Å². The zero-order valence-electron chi connectivity index (χ0n) is 18.0. The van der Waals surface area contributed by atoms with Crippen LogP contribution in [0.1, 0.15) is 0 Å². The van der Waals surface area contributed by atoms with Crippen molar-refractivity contribution in [3.8, 4) is 0 Å². The number of nitrogens with zero attached hydrogens (tertiary/aromatic N) is 2. The Morgan fingerprint density at radius 3 is 2.03 bits per heavy atom. The molecule has 0 atom stereocenters. The van der Waals surface area contributed by atoms with Gasteiger partial charge in [-0.2, -0.15) is 0 Å². The van der Waals surface area contributed by atoms with Crippen molar-refractivity contribution in [2.45, 2.75) is 0 Å². The van der Waals surface area contributed by atoms with Crippen molar-refractivity contribution in [3.05, 3.63) is 72.8 Å². The third kappa shape index (κ3) is 4.35. The second-order valence-corrected chi connectivity index (χ2v) is 9.69. The quantitative estimate of drug-likeness (QED) is 0.278. The van der Waals surface area contributed by atoms with Crippen molar-refractivity contribution >= 4 is 60.8 Å². The number of fused-ring (bicyclic) bond motifs is 2. The van der Waals surface area contributed by atoms with Crippen molar-refractivity contribution in [1.82, 2.24) is 15.2 Å². The van der Waals surface area contributed by atoms with Crippen LogP contribution in [0, 0.1) is 0 Å². The molecule has 1 aliphatic heterocycles. The number of sulfonamides is 1. The monoisotopic (exact) mass is 475 g/mol. The van der Waals surface area contributed by atoms with Gasteiger partial charge in [-0.1, -0.05) is 36.4 Å². The molecule has 9 nitrogen and oxygen atoms in total.